The van der Waals surface area contributed by atoms with Crippen LogP contribution in [-0.4, -0.2) is 74.0 Å². The second-order valence-corrected chi connectivity index (χ2v) is 10.9. The Hall–Kier alpha value is -4.27. The van der Waals surface area contributed by atoms with Gasteiger partial charge in [-0.1, -0.05) is 12.1 Å². The van der Waals surface area contributed by atoms with Gasteiger partial charge in [0, 0.05) is 62.1 Å². The van der Waals surface area contributed by atoms with Crippen LogP contribution in [-0.2, 0) is 5.41 Å². The number of amides is 2. The van der Waals surface area contributed by atoms with Crippen LogP contribution in [0.2, 0.25) is 0 Å². The van der Waals surface area contributed by atoms with E-state index in [1.807, 2.05) is 29.6 Å². The Morgan fingerprint density at radius 3 is 2.67 bits per heavy atom. The summed E-state index contributed by atoms with van der Waals surface area (Å²) in [6.45, 7) is 7.36. The van der Waals surface area contributed by atoms with Crippen molar-refractivity contribution in [2.45, 2.75) is 44.1 Å². The second kappa shape index (κ2) is 9.80. The lowest BCUT2D eigenvalue weighted by Crippen LogP contribution is -2.44. The number of urea groups is 1. The Balaban J connectivity index is 1.26. The van der Waals surface area contributed by atoms with Gasteiger partial charge in [0.1, 0.15) is 0 Å². The van der Waals surface area contributed by atoms with Crippen molar-refractivity contribution in [2.24, 2.45) is 4.99 Å². The molecule has 4 aromatic rings. The third-order valence-electron chi connectivity index (χ3n) is 8.19. The minimum atomic E-state index is -0.0983. The Bertz CT molecular complexity index is 1570. The van der Waals surface area contributed by atoms with Gasteiger partial charge in [-0.05, 0) is 68.7 Å². The number of likely N-dealkylation sites (tertiary alicyclic amines) is 1. The first kappa shape index (κ1) is 25.0. The molecule has 1 saturated carbocycles. The van der Waals surface area contributed by atoms with Gasteiger partial charge in [0.05, 0.1) is 29.6 Å². The molecule has 9 heteroatoms. The largest absolute Gasteiger partial charge is 0.331 e. The molecule has 0 spiro atoms. The first-order valence-corrected chi connectivity index (χ1v) is 13.5. The number of aliphatic imine (C=N–C) groups is 1. The number of fused-ring (bicyclic) bond motifs is 1. The molecule has 2 aliphatic rings. The predicted molar refractivity (Wildman–Crippen MR) is 154 cm³/mol. The number of aromatic nitrogens is 5. The number of pyridine rings is 1. The van der Waals surface area contributed by atoms with Crippen molar-refractivity contribution in [1.29, 1.82) is 0 Å². The molecule has 1 aliphatic heterocycles. The summed E-state index contributed by atoms with van der Waals surface area (Å²) in [7, 11) is 3.60. The minimum absolute atomic E-state index is 0.0740. The highest BCUT2D eigenvalue weighted by Gasteiger charge is 2.48. The van der Waals surface area contributed by atoms with Gasteiger partial charge in [0.25, 0.3) is 0 Å². The van der Waals surface area contributed by atoms with E-state index in [1.54, 1.807) is 19.0 Å². The Labute approximate surface area is 228 Å². The lowest BCUT2D eigenvalue weighted by molar-refractivity contribution is 0.146. The van der Waals surface area contributed by atoms with Gasteiger partial charge < -0.3 is 9.80 Å². The third kappa shape index (κ3) is 4.51. The standard InChI is InChI=1S/C30H34N8O/c1-21(23-17-34-38(20-23)25-9-14-36(15-10-25)29(39)35(3)4)19-37-27(18-33-28(37)31-2)30(11-12-30)24-7-8-26-22(16-24)6-5-13-32-26/h5-8,13,16-20,25H,2,9-12,14-15H2,1,3-4H3/b21-19+. The Kier molecular flexibility index (Phi) is 6.29. The molecule has 39 heavy (non-hydrogen) atoms. The van der Waals surface area contributed by atoms with Crippen LogP contribution in [0.15, 0.2) is 60.1 Å². The minimum Gasteiger partial charge on any atom is -0.331 e. The van der Waals surface area contributed by atoms with Gasteiger partial charge in [0.2, 0.25) is 5.95 Å². The summed E-state index contributed by atoms with van der Waals surface area (Å²) < 4.78 is 4.14. The number of carbonyl (C=O) groups excluding carboxylic acids is 1. The summed E-state index contributed by atoms with van der Waals surface area (Å²) in [6, 6.07) is 11.0. The molecule has 200 valence electrons. The number of allylic oxidation sites excluding steroid dienone is 1. The van der Waals surface area contributed by atoms with Gasteiger partial charge in [-0.15, -0.1) is 0 Å². The van der Waals surface area contributed by atoms with Crippen LogP contribution in [0.25, 0.3) is 22.7 Å². The van der Waals surface area contributed by atoms with Crippen LogP contribution >= 0.6 is 0 Å². The molecule has 1 aromatic carbocycles. The maximum atomic E-state index is 12.3. The van der Waals surface area contributed by atoms with Gasteiger partial charge in [-0.2, -0.15) is 5.10 Å². The van der Waals surface area contributed by atoms with Crippen LogP contribution in [0.5, 0.6) is 0 Å². The molecular formula is C30H34N8O. The zero-order valence-electron chi connectivity index (χ0n) is 22.8. The molecule has 4 heterocycles. The number of nitrogens with zero attached hydrogens (tertiary/aromatic N) is 8. The smallest absolute Gasteiger partial charge is 0.319 e. The fourth-order valence-electron chi connectivity index (χ4n) is 5.75. The van der Waals surface area contributed by atoms with Crippen LogP contribution in [0, 0.1) is 0 Å². The molecule has 2 amide bonds. The first-order valence-electron chi connectivity index (χ1n) is 13.5. The monoisotopic (exact) mass is 522 g/mol. The van der Waals surface area contributed by atoms with Gasteiger partial charge in [-0.3, -0.25) is 14.2 Å². The maximum absolute atomic E-state index is 12.3. The van der Waals surface area contributed by atoms with E-state index in [2.05, 4.69) is 74.5 Å². The van der Waals surface area contributed by atoms with Crippen molar-refractivity contribution in [1.82, 2.24) is 34.1 Å². The van der Waals surface area contributed by atoms with E-state index in [1.165, 1.54) is 5.56 Å². The van der Waals surface area contributed by atoms with Crippen molar-refractivity contribution in [2.75, 3.05) is 27.2 Å². The molecule has 1 aliphatic carbocycles. The molecule has 9 nitrogen and oxygen atoms in total. The molecule has 6 rings (SSSR count). The zero-order valence-corrected chi connectivity index (χ0v) is 22.8. The summed E-state index contributed by atoms with van der Waals surface area (Å²) in [5, 5.41) is 5.84. The van der Waals surface area contributed by atoms with E-state index in [4.69, 9.17) is 5.10 Å². The summed E-state index contributed by atoms with van der Waals surface area (Å²) in [5.74, 6) is 0.586. The number of piperidine rings is 1. The van der Waals surface area contributed by atoms with Crippen molar-refractivity contribution >= 4 is 41.4 Å². The van der Waals surface area contributed by atoms with E-state index in [0.29, 0.717) is 5.95 Å². The summed E-state index contributed by atoms with van der Waals surface area (Å²) in [6.07, 6.45) is 13.8. The maximum Gasteiger partial charge on any atom is 0.319 e. The lowest BCUT2D eigenvalue weighted by atomic mass is 9.91. The van der Waals surface area contributed by atoms with E-state index in [9.17, 15) is 4.79 Å². The van der Waals surface area contributed by atoms with Crippen molar-refractivity contribution in [3.63, 3.8) is 0 Å². The molecule has 0 atom stereocenters. The molecule has 1 saturated heterocycles. The van der Waals surface area contributed by atoms with E-state index < -0.39 is 0 Å². The average Bonchev–Trinajstić information content (AvgIpc) is 3.42. The number of hydrogen-bond donors (Lipinski definition) is 0. The van der Waals surface area contributed by atoms with Crippen LogP contribution in [0.1, 0.15) is 55.5 Å². The van der Waals surface area contributed by atoms with Crippen LogP contribution in [0.4, 0.5) is 10.7 Å². The summed E-state index contributed by atoms with van der Waals surface area (Å²) in [4.78, 5) is 29.2. The highest BCUT2D eigenvalue weighted by molar-refractivity contribution is 5.80. The SMILES string of the molecule is C=Nc1ncc(C2(c3ccc4ncccc4c3)CC2)n1/C=C(\C)c1cnn(C2CCN(C(=O)N(C)C)CC2)c1. The lowest BCUT2D eigenvalue weighted by Gasteiger charge is -2.33. The Morgan fingerprint density at radius 2 is 1.95 bits per heavy atom. The van der Waals surface area contributed by atoms with E-state index >= 15 is 0 Å². The van der Waals surface area contributed by atoms with Crippen LogP contribution < -0.4 is 0 Å². The number of hydrogen-bond acceptors (Lipinski definition) is 5. The number of benzene rings is 1. The molecule has 0 unspecified atom stereocenters. The fraction of sp³-hybridized carbons (Fsp3) is 0.367. The van der Waals surface area contributed by atoms with Gasteiger partial charge in [0.15, 0.2) is 0 Å². The quantitative estimate of drug-likeness (QED) is 0.319. The normalized spacial score (nSPS) is 17.4. The highest BCUT2D eigenvalue weighted by atomic mass is 16.2. The van der Waals surface area contributed by atoms with Gasteiger partial charge >= 0.3 is 6.03 Å². The topological polar surface area (TPSA) is 84.4 Å². The zero-order chi connectivity index (χ0) is 27.1. The van der Waals surface area contributed by atoms with E-state index in [0.717, 1.165) is 66.5 Å². The molecule has 0 N–H and O–H groups in total. The number of carbonyl (C=O) groups is 1. The molecule has 0 radical (unpaired) electrons. The molecule has 0 bridgehead atoms. The van der Waals surface area contributed by atoms with Gasteiger partial charge in [-0.25, -0.2) is 14.8 Å². The van der Waals surface area contributed by atoms with E-state index in [-0.39, 0.29) is 17.5 Å². The Morgan fingerprint density at radius 1 is 1.15 bits per heavy atom. The second-order valence-electron chi connectivity index (χ2n) is 10.9. The van der Waals surface area contributed by atoms with Crippen molar-refractivity contribution in [3.05, 3.63) is 71.9 Å². The number of imidazole rings is 1. The average molecular weight is 523 g/mol. The molecular weight excluding hydrogens is 488 g/mol. The van der Waals surface area contributed by atoms with Crippen molar-refractivity contribution in [3.8, 4) is 0 Å². The van der Waals surface area contributed by atoms with Crippen molar-refractivity contribution < 1.29 is 4.79 Å². The first-order chi connectivity index (χ1) is 18.9. The summed E-state index contributed by atoms with van der Waals surface area (Å²) >= 11 is 0. The summed E-state index contributed by atoms with van der Waals surface area (Å²) in [5.41, 5.74) is 5.43. The van der Waals surface area contributed by atoms with Crippen LogP contribution in [0.3, 0.4) is 0 Å². The third-order valence-corrected chi connectivity index (χ3v) is 8.19. The number of rotatable bonds is 6. The molecule has 3 aromatic heterocycles. The predicted octanol–water partition coefficient (Wildman–Crippen LogP) is 5.38. The highest BCUT2D eigenvalue weighted by Crippen LogP contribution is 2.54. The molecule has 2 fully saturated rings. The fourth-order valence-corrected chi connectivity index (χ4v) is 5.75.